The normalized spacial score (nSPS) is 45.8. The third-order valence-electron chi connectivity index (χ3n) is 7.78. The van der Waals surface area contributed by atoms with Crippen LogP contribution in [0.4, 0.5) is 0 Å². The molecule has 0 aromatic rings. The van der Waals surface area contributed by atoms with Crippen molar-refractivity contribution in [3.63, 3.8) is 0 Å². The van der Waals surface area contributed by atoms with Crippen molar-refractivity contribution in [2.24, 2.45) is 22.7 Å². The zero-order valence-corrected chi connectivity index (χ0v) is 15.4. The summed E-state index contributed by atoms with van der Waals surface area (Å²) in [5.74, 6) is -0.562. The number of hydrogen-bond donors (Lipinski definition) is 3. The standard InChI is InChI=1S/C20H32O4/c1-12(2)20(24)11-8-14-13(16(20)21)6-7-15-18(14,3)9-5-10-19(15,4)17(22)23/h12,15-16,21,24H,5-11H2,1-4H3,(H,22,23)/t15?,16-,18+,19-,20-/m0/s1. The highest BCUT2D eigenvalue weighted by Gasteiger charge is 2.58. The van der Waals surface area contributed by atoms with Crippen LogP contribution in [-0.2, 0) is 4.79 Å². The average molecular weight is 336 g/mol. The number of carboxylic acid groups (broad SMARTS) is 1. The molecule has 3 aliphatic carbocycles. The van der Waals surface area contributed by atoms with Gasteiger partial charge in [-0.1, -0.05) is 32.8 Å². The number of hydrogen-bond acceptors (Lipinski definition) is 3. The predicted octanol–water partition coefficient (Wildman–Crippen LogP) is 3.52. The van der Waals surface area contributed by atoms with Gasteiger partial charge in [0, 0.05) is 0 Å². The Labute approximate surface area is 145 Å². The third kappa shape index (κ3) is 2.22. The molecule has 0 amide bonds. The number of aliphatic hydroxyl groups excluding tert-OH is 1. The Kier molecular flexibility index (Phi) is 4.16. The summed E-state index contributed by atoms with van der Waals surface area (Å²) in [7, 11) is 0. The van der Waals surface area contributed by atoms with E-state index in [4.69, 9.17) is 0 Å². The number of aliphatic hydroxyl groups is 2. The Bertz CT molecular complexity index is 580. The van der Waals surface area contributed by atoms with Gasteiger partial charge in [0.2, 0.25) is 0 Å². The van der Waals surface area contributed by atoms with Gasteiger partial charge < -0.3 is 15.3 Å². The lowest BCUT2D eigenvalue weighted by molar-refractivity contribution is -0.160. The van der Waals surface area contributed by atoms with Crippen molar-refractivity contribution in [1.29, 1.82) is 0 Å². The SMILES string of the molecule is CC(C)[C@@]1(O)CCC2=C(CCC3[C@@](C)(C(=O)O)CCC[C@]23C)[C@@H]1O. The Hall–Kier alpha value is -0.870. The maximum absolute atomic E-state index is 12.0. The van der Waals surface area contributed by atoms with Gasteiger partial charge in [0.25, 0.3) is 0 Å². The van der Waals surface area contributed by atoms with Crippen LogP contribution in [-0.4, -0.2) is 33.0 Å². The Morgan fingerprint density at radius 2 is 1.83 bits per heavy atom. The summed E-state index contributed by atoms with van der Waals surface area (Å²) in [6, 6.07) is 0. The quantitative estimate of drug-likeness (QED) is 0.674. The second-order valence-corrected chi connectivity index (χ2v) is 9.14. The lowest BCUT2D eigenvalue weighted by Gasteiger charge is -2.57. The number of carbonyl (C=O) groups is 1. The fourth-order valence-corrected chi connectivity index (χ4v) is 6.06. The molecule has 3 N–H and O–H groups in total. The molecule has 1 unspecified atom stereocenters. The molecule has 3 aliphatic rings. The number of allylic oxidation sites excluding steroid dienone is 1. The minimum atomic E-state index is -1.05. The number of rotatable bonds is 2. The van der Waals surface area contributed by atoms with Crippen LogP contribution in [0, 0.1) is 22.7 Å². The van der Waals surface area contributed by atoms with E-state index in [9.17, 15) is 20.1 Å². The van der Waals surface area contributed by atoms with Gasteiger partial charge in [0.05, 0.1) is 11.0 Å². The van der Waals surface area contributed by atoms with E-state index < -0.39 is 23.1 Å². The van der Waals surface area contributed by atoms with Gasteiger partial charge in [-0.2, -0.15) is 0 Å². The summed E-state index contributed by atoms with van der Waals surface area (Å²) in [6.07, 6.45) is 4.70. The zero-order chi connectivity index (χ0) is 17.9. The third-order valence-corrected chi connectivity index (χ3v) is 7.78. The van der Waals surface area contributed by atoms with E-state index in [1.54, 1.807) is 0 Å². The van der Waals surface area contributed by atoms with E-state index in [2.05, 4.69) is 6.92 Å². The van der Waals surface area contributed by atoms with Crippen molar-refractivity contribution in [1.82, 2.24) is 0 Å². The van der Waals surface area contributed by atoms with Gasteiger partial charge in [-0.15, -0.1) is 0 Å². The van der Waals surface area contributed by atoms with Gasteiger partial charge in [0.15, 0.2) is 0 Å². The molecule has 0 aromatic carbocycles. The molecule has 4 heteroatoms. The average Bonchev–Trinajstić information content (AvgIpc) is 2.50. The monoisotopic (exact) mass is 336 g/mol. The summed E-state index contributed by atoms with van der Waals surface area (Å²) in [5.41, 5.74) is 0.377. The highest BCUT2D eigenvalue weighted by atomic mass is 16.4. The molecule has 0 aliphatic heterocycles. The topological polar surface area (TPSA) is 77.8 Å². The van der Waals surface area contributed by atoms with Crippen LogP contribution < -0.4 is 0 Å². The molecule has 5 atom stereocenters. The van der Waals surface area contributed by atoms with Crippen LogP contribution in [0.2, 0.25) is 0 Å². The molecule has 0 bridgehead atoms. The Balaban J connectivity index is 2.04. The maximum Gasteiger partial charge on any atom is 0.309 e. The summed E-state index contributed by atoms with van der Waals surface area (Å²) >= 11 is 0. The molecular formula is C20H32O4. The molecule has 1 fully saturated rings. The second kappa shape index (κ2) is 5.57. The fourth-order valence-electron chi connectivity index (χ4n) is 6.06. The van der Waals surface area contributed by atoms with E-state index in [1.807, 2.05) is 20.8 Å². The Morgan fingerprint density at radius 1 is 1.17 bits per heavy atom. The van der Waals surface area contributed by atoms with E-state index >= 15 is 0 Å². The van der Waals surface area contributed by atoms with Gasteiger partial charge in [-0.3, -0.25) is 4.79 Å². The van der Waals surface area contributed by atoms with E-state index in [-0.39, 0.29) is 17.3 Å². The lowest BCUT2D eigenvalue weighted by atomic mass is 9.47. The second-order valence-electron chi connectivity index (χ2n) is 9.14. The summed E-state index contributed by atoms with van der Waals surface area (Å²) < 4.78 is 0. The predicted molar refractivity (Wildman–Crippen MR) is 92.5 cm³/mol. The van der Waals surface area contributed by atoms with Gasteiger partial charge >= 0.3 is 5.97 Å². The summed E-state index contributed by atoms with van der Waals surface area (Å²) in [6.45, 7) is 8.04. The first-order valence-electron chi connectivity index (χ1n) is 9.43. The van der Waals surface area contributed by atoms with Crippen molar-refractivity contribution in [3.8, 4) is 0 Å². The lowest BCUT2D eigenvalue weighted by Crippen LogP contribution is -2.56. The van der Waals surface area contributed by atoms with Crippen molar-refractivity contribution < 1.29 is 20.1 Å². The first-order chi connectivity index (χ1) is 11.1. The number of fused-ring (bicyclic) bond motifs is 2. The van der Waals surface area contributed by atoms with Crippen LogP contribution >= 0.6 is 0 Å². The smallest absolute Gasteiger partial charge is 0.309 e. The molecule has 0 aromatic heterocycles. The molecule has 1 saturated carbocycles. The highest BCUT2D eigenvalue weighted by Crippen LogP contribution is 2.62. The largest absolute Gasteiger partial charge is 0.481 e. The van der Waals surface area contributed by atoms with Gasteiger partial charge in [-0.05, 0) is 68.3 Å². The number of carboxylic acids is 1. The minimum Gasteiger partial charge on any atom is -0.481 e. The van der Waals surface area contributed by atoms with Gasteiger partial charge in [0.1, 0.15) is 6.10 Å². The number of aliphatic carboxylic acids is 1. The van der Waals surface area contributed by atoms with Crippen molar-refractivity contribution in [2.75, 3.05) is 0 Å². The first kappa shape index (κ1) is 17.9. The van der Waals surface area contributed by atoms with E-state index in [0.29, 0.717) is 12.8 Å². The van der Waals surface area contributed by atoms with Crippen molar-refractivity contribution in [3.05, 3.63) is 11.1 Å². The molecular weight excluding hydrogens is 304 g/mol. The Morgan fingerprint density at radius 3 is 2.42 bits per heavy atom. The molecule has 3 rings (SSSR count). The minimum absolute atomic E-state index is 0.00252. The van der Waals surface area contributed by atoms with Crippen LogP contribution in [0.5, 0.6) is 0 Å². The molecule has 136 valence electrons. The van der Waals surface area contributed by atoms with Crippen LogP contribution in [0.3, 0.4) is 0 Å². The molecule has 24 heavy (non-hydrogen) atoms. The summed E-state index contributed by atoms with van der Waals surface area (Å²) in [5, 5.41) is 31.7. The van der Waals surface area contributed by atoms with E-state index in [0.717, 1.165) is 37.7 Å². The van der Waals surface area contributed by atoms with Crippen LogP contribution in [0.1, 0.15) is 72.6 Å². The van der Waals surface area contributed by atoms with Crippen LogP contribution in [0.25, 0.3) is 0 Å². The van der Waals surface area contributed by atoms with E-state index in [1.165, 1.54) is 5.57 Å². The molecule has 0 radical (unpaired) electrons. The molecule has 0 saturated heterocycles. The van der Waals surface area contributed by atoms with Crippen LogP contribution in [0.15, 0.2) is 11.1 Å². The summed E-state index contributed by atoms with van der Waals surface area (Å²) in [4.78, 5) is 12.0. The molecule has 0 spiro atoms. The fraction of sp³-hybridized carbons (Fsp3) is 0.850. The van der Waals surface area contributed by atoms with Crippen molar-refractivity contribution >= 4 is 5.97 Å². The molecule has 0 heterocycles. The zero-order valence-electron chi connectivity index (χ0n) is 15.4. The first-order valence-corrected chi connectivity index (χ1v) is 9.43. The maximum atomic E-state index is 12.0. The highest BCUT2D eigenvalue weighted by molar-refractivity contribution is 5.75. The van der Waals surface area contributed by atoms with Gasteiger partial charge in [-0.25, -0.2) is 0 Å². The molecule has 4 nitrogen and oxygen atoms in total. The van der Waals surface area contributed by atoms with Crippen molar-refractivity contribution in [2.45, 2.75) is 84.3 Å².